The Bertz CT molecular complexity index is 352. The minimum absolute atomic E-state index is 0.424. The van der Waals surface area contributed by atoms with Gasteiger partial charge in [0.15, 0.2) is 5.82 Å². The van der Waals surface area contributed by atoms with E-state index in [-0.39, 0.29) is 0 Å². The first kappa shape index (κ1) is 12.6. The Labute approximate surface area is 108 Å². The van der Waals surface area contributed by atoms with Crippen molar-refractivity contribution in [2.75, 3.05) is 32.1 Å². The lowest BCUT2D eigenvalue weighted by atomic mass is 10.1. The molecule has 0 amide bonds. The van der Waals surface area contributed by atoms with Crippen LogP contribution in [0.4, 0.5) is 5.82 Å². The molecule has 1 aromatic heterocycles. The van der Waals surface area contributed by atoms with Gasteiger partial charge in [0.2, 0.25) is 0 Å². The lowest BCUT2D eigenvalue weighted by molar-refractivity contribution is 0.257. The topological polar surface area (TPSA) is 32.3 Å². The minimum Gasteiger partial charge on any atom is -0.354 e. The second-order valence-electron chi connectivity index (χ2n) is 4.72. The molecule has 5 heteroatoms. The molecule has 0 saturated carbocycles. The van der Waals surface area contributed by atoms with Crippen LogP contribution in [0.15, 0.2) is 12.1 Å². The van der Waals surface area contributed by atoms with Gasteiger partial charge in [-0.1, -0.05) is 0 Å². The summed E-state index contributed by atoms with van der Waals surface area (Å²) in [6.45, 7) is 2.10. The molecule has 0 radical (unpaired) electrons. The molecule has 0 aliphatic carbocycles. The number of hydrogen-bond acceptors (Lipinski definition) is 4. The van der Waals surface area contributed by atoms with E-state index in [4.69, 9.17) is 11.6 Å². The van der Waals surface area contributed by atoms with Crippen LogP contribution in [-0.2, 0) is 5.88 Å². The molecule has 1 saturated heterocycles. The molecule has 1 fully saturated rings. The number of likely N-dealkylation sites (N-methyl/N-ethyl adjacent to an activating group) is 1. The van der Waals surface area contributed by atoms with E-state index in [0.29, 0.717) is 11.9 Å². The molecule has 4 nitrogen and oxygen atoms in total. The van der Waals surface area contributed by atoms with Crippen LogP contribution in [0.1, 0.15) is 18.5 Å². The fourth-order valence-electron chi connectivity index (χ4n) is 2.18. The summed E-state index contributed by atoms with van der Waals surface area (Å²) in [5.74, 6) is 1.39. The van der Waals surface area contributed by atoms with Gasteiger partial charge in [0.25, 0.3) is 0 Å². The van der Waals surface area contributed by atoms with Gasteiger partial charge in [-0.2, -0.15) is 5.10 Å². The smallest absolute Gasteiger partial charge is 0.151 e. The molecular weight excluding hydrogens is 236 g/mol. The minimum atomic E-state index is 0.424. The van der Waals surface area contributed by atoms with Crippen molar-refractivity contribution in [3.8, 4) is 0 Å². The van der Waals surface area contributed by atoms with E-state index < -0.39 is 0 Å². The fourth-order valence-corrected chi connectivity index (χ4v) is 2.32. The number of halogens is 1. The number of rotatable bonds is 3. The predicted octanol–water partition coefficient (Wildman–Crippen LogP) is 1.75. The van der Waals surface area contributed by atoms with E-state index in [1.807, 2.05) is 12.1 Å². The molecule has 1 unspecified atom stereocenters. The quantitative estimate of drug-likeness (QED) is 0.770. The van der Waals surface area contributed by atoms with Crippen LogP contribution in [0.3, 0.4) is 0 Å². The summed E-state index contributed by atoms with van der Waals surface area (Å²) >= 11 is 5.71. The Morgan fingerprint density at radius 3 is 2.82 bits per heavy atom. The molecule has 2 heterocycles. The second kappa shape index (κ2) is 5.65. The number of alkyl halides is 1. The fraction of sp³-hybridized carbons (Fsp3) is 0.667. The van der Waals surface area contributed by atoms with Gasteiger partial charge >= 0.3 is 0 Å². The lowest BCUT2D eigenvalue weighted by Crippen LogP contribution is -2.45. The van der Waals surface area contributed by atoms with Crippen LogP contribution in [-0.4, -0.2) is 48.3 Å². The zero-order chi connectivity index (χ0) is 12.3. The largest absolute Gasteiger partial charge is 0.354 e. The summed E-state index contributed by atoms with van der Waals surface area (Å²) in [6.07, 6.45) is 2.47. The van der Waals surface area contributed by atoms with Gasteiger partial charge in [0.05, 0.1) is 11.6 Å². The normalized spacial score (nSPS) is 20.9. The van der Waals surface area contributed by atoms with Crippen molar-refractivity contribution >= 4 is 17.4 Å². The van der Waals surface area contributed by atoms with Crippen LogP contribution < -0.4 is 4.90 Å². The van der Waals surface area contributed by atoms with E-state index in [9.17, 15) is 0 Å². The van der Waals surface area contributed by atoms with E-state index in [1.165, 1.54) is 12.8 Å². The monoisotopic (exact) mass is 254 g/mol. The molecule has 0 aromatic carbocycles. The third-order valence-electron chi connectivity index (χ3n) is 3.29. The molecule has 1 atom stereocenters. The first-order valence-electron chi connectivity index (χ1n) is 6.00. The highest BCUT2D eigenvalue weighted by Crippen LogP contribution is 2.19. The van der Waals surface area contributed by atoms with Crippen molar-refractivity contribution in [1.29, 1.82) is 0 Å². The number of anilines is 1. The molecule has 0 spiro atoms. The van der Waals surface area contributed by atoms with Gasteiger partial charge in [0.1, 0.15) is 0 Å². The second-order valence-corrected chi connectivity index (χ2v) is 4.99. The Kier molecular flexibility index (Phi) is 4.18. The molecule has 1 aliphatic rings. The average molecular weight is 255 g/mol. The lowest BCUT2D eigenvalue weighted by Gasteiger charge is -2.36. The number of piperidine rings is 1. The van der Waals surface area contributed by atoms with E-state index in [1.54, 1.807) is 0 Å². The number of hydrogen-bond donors (Lipinski definition) is 0. The Morgan fingerprint density at radius 2 is 2.24 bits per heavy atom. The van der Waals surface area contributed by atoms with Crippen molar-refractivity contribution in [2.24, 2.45) is 0 Å². The van der Waals surface area contributed by atoms with Crippen LogP contribution in [0.25, 0.3) is 0 Å². The molecule has 1 aliphatic heterocycles. The predicted molar refractivity (Wildman–Crippen MR) is 70.5 cm³/mol. The first-order valence-corrected chi connectivity index (χ1v) is 6.54. The number of nitrogens with zero attached hydrogens (tertiary/aromatic N) is 4. The van der Waals surface area contributed by atoms with Crippen molar-refractivity contribution in [2.45, 2.75) is 24.8 Å². The SMILES string of the molecule is CN(C)C1CCCN(c2ccc(CCl)nn2)C1. The van der Waals surface area contributed by atoms with Crippen molar-refractivity contribution < 1.29 is 0 Å². The zero-order valence-corrected chi connectivity index (χ0v) is 11.2. The van der Waals surface area contributed by atoms with Gasteiger partial charge in [-0.3, -0.25) is 0 Å². The van der Waals surface area contributed by atoms with Gasteiger partial charge in [-0.15, -0.1) is 16.7 Å². The van der Waals surface area contributed by atoms with Gasteiger partial charge < -0.3 is 9.80 Å². The number of aromatic nitrogens is 2. The van der Waals surface area contributed by atoms with Crippen LogP contribution in [0, 0.1) is 0 Å². The van der Waals surface area contributed by atoms with E-state index in [2.05, 4.69) is 34.1 Å². The maximum Gasteiger partial charge on any atom is 0.151 e. The van der Waals surface area contributed by atoms with E-state index in [0.717, 1.165) is 24.6 Å². The third kappa shape index (κ3) is 3.07. The Morgan fingerprint density at radius 1 is 1.41 bits per heavy atom. The maximum atomic E-state index is 5.71. The summed E-state index contributed by atoms with van der Waals surface area (Å²) < 4.78 is 0. The molecule has 0 N–H and O–H groups in total. The zero-order valence-electron chi connectivity index (χ0n) is 10.4. The van der Waals surface area contributed by atoms with Crippen LogP contribution >= 0.6 is 11.6 Å². The summed E-state index contributed by atoms with van der Waals surface area (Å²) in [5, 5.41) is 8.34. The van der Waals surface area contributed by atoms with Crippen molar-refractivity contribution in [3.63, 3.8) is 0 Å². The third-order valence-corrected chi connectivity index (χ3v) is 3.57. The molecular formula is C12H19ClN4. The van der Waals surface area contributed by atoms with Crippen LogP contribution in [0.2, 0.25) is 0 Å². The van der Waals surface area contributed by atoms with Crippen molar-refractivity contribution in [3.05, 3.63) is 17.8 Å². The standard InChI is InChI=1S/C12H19ClN4/c1-16(2)11-4-3-7-17(9-11)12-6-5-10(8-13)14-15-12/h5-6,11H,3-4,7-9H2,1-2H3. The molecule has 1 aromatic rings. The van der Waals surface area contributed by atoms with Crippen LogP contribution in [0.5, 0.6) is 0 Å². The Hall–Kier alpha value is -0.870. The Balaban J connectivity index is 2.05. The highest BCUT2D eigenvalue weighted by Gasteiger charge is 2.22. The molecule has 2 rings (SSSR count). The summed E-state index contributed by atoms with van der Waals surface area (Å²) in [5.41, 5.74) is 0.830. The van der Waals surface area contributed by atoms with Gasteiger partial charge in [0, 0.05) is 19.1 Å². The van der Waals surface area contributed by atoms with Gasteiger partial charge in [-0.05, 0) is 39.1 Å². The molecule has 0 bridgehead atoms. The molecule has 17 heavy (non-hydrogen) atoms. The first-order chi connectivity index (χ1) is 8.20. The van der Waals surface area contributed by atoms with Gasteiger partial charge in [-0.25, -0.2) is 0 Å². The highest BCUT2D eigenvalue weighted by atomic mass is 35.5. The maximum absolute atomic E-state index is 5.71. The summed E-state index contributed by atoms with van der Waals surface area (Å²) in [4.78, 5) is 4.59. The summed E-state index contributed by atoms with van der Waals surface area (Å²) in [6, 6.07) is 4.58. The average Bonchev–Trinajstić information content (AvgIpc) is 2.39. The van der Waals surface area contributed by atoms with E-state index >= 15 is 0 Å². The summed E-state index contributed by atoms with van der Waals surface area (Å²) in [7, 11) is 4.27. The highest BCUT2D eigenvalue weighted by molar-refractivity contribution is 6.16. The molecule has 94 valence electrons. The van der Waals surface area contributed by atoms with Crippen molar-refractivity contribution in [1.82, 2.24) is 15.1 Å².